The van der Waals surface area contributed by atoms with E-state index in [-0.39, 0.29) is 0 Å². The summed E-state index contributed by atoms with van der Waals surface area (Å²) in [6.07, 6.45) is 2.58. The third-order valence-electron chi connectivity index (χ3n) is 2.71. The molecule has 0 heterocycles. The quantitative estimate of drug-likeness (QED) is 0.635. The molecule has 0 aliphatic heterocycles. The molecule has 64 valence electrons. The highest BCUT2D eigenvalue weighted by atomic mass is 127. The fourth-order valence-electron chi connectivity index (χ4n) is 2.06. The molecule has 2 rings (SSSR count). The molecule has 0 saturated carbocycles. The molecule has 0 N–H and O–H groups in total. The van der Waals surface area contributed by atoms with E-state index in [1.54, 1.807) is 11.1 Å². The minimum atomic E-state index is 0.856. The van der Waals surface area contributed by atoms with Crippen LogP contribution in [0.15, 0.2) is 12.1 Å². The van der Waals surface area contributed by atoms with Gasteiger partial charge in [0.1, 0.15) is 0 Å². The molecule has 0 amide bonds. The molecule has 1 aliphatic rings. The summed E-state index contributed by atoms with van der Waals surface area (Å²) in [6, 6.07) is 4.49. The maximum Gasteiger partial charge on any atom is 0.0165 e. The lowest BCUT2D eigenvalue weighted by Gasteiger charge is -2.04. The lowest BCUT2D eigenvalue weighted by atomic mass is 10.0. The van der Waals surface area contributed by atoms with Gasteiger partial charge < -0.3 is 0 Å². The predicted octanol–water partition coefficient (Wildman–Crippen LogP) is 3.33. The Hall–Kier alpha value is -0.0500. The molecule has 1 aliphatic carbocycles. The van der Waals surface area contributed by atoms with Crippen LogP contribution in [-0.2, 0) is 12.8 Å². The lowest BCUT2D eigenvalue weighted by molar-refractivity contribution is 0.626. The minimum absolute atomic E-state index is 0.856. The Bertz CT molecular complexity index is 284. The zero-order valence-corrected chi connectivity index (χ0v) is 9.68. The summed E-state index contributed by atoms with van der Waals surface area (Å²) in [5.41, 5.74) is 4.72. The Morgan fingerprint density at radius 3 is 2.58 bits per heavy atom. The molecule has 0 saturated heterocycles. The van der Waals surface area contributed by atoms with Gasteiger partial charge in [-0.25, -0.2) is 0 Å². The van der Waals surface area contributed by atoms with Gasteiger partial charge in [0.2, 0.25) is 0 Å². The molecule has 1 aromatic carbocycles. The van der Waals surface area contributed by atoms with E-state index in [1.165, 1.54) is 22.0 Å². The average Bonchev–Trinajstić information content (AvgIpc) is 2.41. The van der Waals surface area contributed by atoms with Crippen molar-refractivity contribution in [3.63, 3.8) is 0 Å². The van der Waals surface area contributed by atoms with Crippen molar-refractivity contribution in [1.29, 1.82) is 0 Å². The summed E-state index contributed by atoms with van der Waals surface area (Å²) >= 11 is 2.45. The fourth-order valence-corrected chi connectivity index (χ4v) is 2.78. The molecule has 0 nitrogen and oxygen atoms in total. The third kappa shape index (κ3) is 1.28. The van der Waals surface area contributed by atoms with Crippen LogP contribution in [0.1, 0.15) is 23.6 Å². The van der Waals surface area contributed by atoms with Gasteiger partial charge in [-0.3, -0.25) is 0 Å². The highest BCUT2D eigenvalue weighted by Gasteiger charge is 2.20. The molecule has 0 bridgehead atoms. The Kier molecular flexibility index (Phi) is 2.15. The molecule has 1 aromatic rings. The lowest BCUT2D eigenvalue weighted by Crippen LogP contribution is -1.90. The van der Waals surface area contributed by atoms with Gasteiger partial charge in [0, 0.05) is 3.57 Å². The van der Waals surface area contributed by atoms with Crippen molar-refractivity contribution in [3.8, 4) is 0 Å². The summed E-state index contributed by atoms with van der Waals surface area (Å²) in [6.45, 7) is 4.57. The Morgan fingerprint density at radius 2 is 1.92 bits per heavy atom. The second-order valence-corrected chi connectivity index (χ2v) is 5.00. The van der Waals surface area contributed by atoms with Crippen LogP contribution in [0.4, 0.5) is 0 Å². The zero-order chi connectivity index (χ0) is 8.72. The maximum atomic E-state index is 2.45. The number of benzene rings is 1. The van der Waals surface area contributed by atoms with Crippen molar-refractivity contribution in [2.24, 2.45) is 5.92 Å². The maximum absolute atomic E-state index is 2.45. The number of hydrogen-bond donors (Lipinski definition) is 0. The minimum Gasteiger partial charge on any atom is -0.0619 e. The first-order valence-corrected chi connectivity index (χ1v) is 5.53. The molecule has 12 heavy (non-hydrogen) atoms. The van der Waals surface area contributed by atoms with Gasteiger partial charge in [0.15, 0.2) is 0 Å². The highest BCUT2D eigenvalue weighted by molar-refractivity contribution is 14.1. The van der Waals surface area contributed by atoms with Gasteiger partial charge in [-0.15, -0.1) is 0 Å². The molecule has 0 fully saturated rings. The van der Waals surface area contributed by atoms with Gasteiger partial charge in [0.05, 0.1) is 0 Å². The van der Waals surface area contributed by atoms with Crippen LogP contribution in [0.25, 0.3) is 0 Å². The van der Waals surface area contributed by atoms with Crippen molar-refractivity contribution >= 4 is 22.6 Å². The summed E-state index contributed by atoms with van der Waals surface area (Å²) < 4.78 is 1.46. The predicted molar refractivity (Wildman–Crippen MR) is 60.5 cm³/mol. The Balaban J connectivity index is 2.56. The van der Waals surface area contributed by atoms with Crippen LogP contribution in [0.2, 0.25) is 0 Å². The normalized spacial score (nSPS) is 21.1. The van der Waals surface area contributed by atoms with E-state index in [4.69, 9.17) is 0 Å². The number of rotatable bonds is 0. The van der Waals surface area contributed by atoms with Crippen molar-refractivity contribution in [1.82, 2.24) is 0 Å². The number of hydrogen-bond acceptors (Lipinski definition) is 0. The summed E-state index contributed by atoms with van der Waals surface area (Å²) in [4.78, 5) is 0. The Morgan fingerprint density at radius 1 is 1.25 bits per heavy atom. The van der Waals surface area contributed by atoms with Crippen LogP contribution in [0, 0.1) is 16.4 Å². The topological polar surface area (TPSA) is 0 Å². The second kappa shape index (κ2) is 3.02. The van der Waals surface area contributed by atoms with Crippen LogP contribution in [-0.4, -0.2) is 0 Å². The largest absolute Gasteiger partial charge is 0.0619 e. The van der Waals surface area contributed by atoms with Gasteiger partial charge in [0.25, 0.3) is 0 Å². The van der Waals surface area contributed by atoms with E-state index in [9.17, 15) is 0 Å². The van der Waals surface area contributed by atoms with Crippen LogP contribution in [0.5, 0.6) is 0 Å². The van der Waals surface area contributed by atoms with E-state index in [0.717, 1.165) is 5.92 Å². The fraction of sp³-hybridized carbons (Fsp3) is 0.455. The van der Waals surface area contributed by atoms with Crippen LogP contribution < -0.4 is 0 Å². The molecular weight excluding hydrogens is 259 g/mol. The second-order valence-electron chi connectivity index (χ2n) is 3.83. The van der Waals surface area contributed by atoms with Crippen molar-refractivity contribution in [2.75, 3.05) is 0 Å². The van der Waals surface area contributed by atoms with E-state index in [2.05, 4.69) is 48.6 Å². The van der Waals surface area contributed by atoms with Crippen LogP contribution in [0.3, 0.4) is 0 Å². The SMILES string of the molecule is Cc1ccc(I)c2c1CC(C)C2. The van der Waals surface area contributed by atoms with Crippen molar-refractivity contribution < 1.29 is 0 Å². The standard InChI is InChI=1S/C11H13I/c1-7-5-9-8(2)3-4-11(12)10(9)6-7/h3-4,7H,5-6H2,1-2H3. The first-order valence-electron chi connectivity index (χ1n) is 4.45. The zero-order valence-electron chi connectivity index (χ0n) is 7.52. The van der Waals surface area contributed by atoms with E-state index in [0.29, 0.717) is 0 Å². The number of halogens is 1. The first-order chi connectivity index (χ1) is 5.68. The molecule has 1 unspecified atom stereocenters. The first kappa shape index (κ1) is 8.54. The van der Waals surface area contributed by atoms with Crippen molar-refractivity contribution in [2.45, 2.75) is 26.7 Å². The van der Waals surface area contributed by atoms with E-state index >= 15 is 0 Å². The monoisotopic (exact) mass is 272 g/mol. The van der Waals surface area contributed by atoms with E-state index < -0.39 is 0 Å². The number of aryl methyl sites for hydroxylation is 1. The molecule has 0 aromatic heterocycles. The Labute approximate surface area is 87.5 Å². The highest BCUT2D eigenvalue weighted by Crippen LogP contribution is 2.32. The smallest absolute Gasteiger partial charge is 0.0165 e. The molecule has 0 spiro atoms. The molecule has 1 atom stereocenters. The summed E-state index contributed by atoms with van der Waals surface area (Å²) in [7, 11) is 0. The van der Waals surface area contributed by atoms with Crippen molar-refractivity contribution in [3.05, 3.63) is 32.4 Å². The molecular formula is C11H13I. The average molecular weight is 272 g/mol. The number of fused-ring (bicyclic) bond motifs is 1. The molecule has 0 radical (unpaired) electrons. The molecule has 1 heteroatoms. The summed E-state index contributed by atoms with van der Waals surface area (Å²) in [5, 5.41) is 0. The van der Waals surface area contributed by atoms with Gasteiger partial charge in [-0.1, -0.05) is 13.0 Å². The summed E-state index contributed by atoms with van der Waals surface area (Å²) in [5.74, 6) is 0.856. The van der Waals surface area contributed by atoms with Gasteiger partial charge in [-0.05, 0) is 71.0 Å². The van der Waals surface area contributed by atoms with Crippen LogP contribution >= 0.6 is 22.6 Å². The van der Waals surface area contributed by atoms with E-state index in [1.807, 2.05) is 0 Å². The van der Waals surface area contributed by atoms with Gasteiger partial charge in [-0.2, -0.15) is 0 Å². The third-order valence-corrected chi connectivity index (χ3v) is 3.72. The van der Waals surface area contributed by atoms with Gasteiger partial charge >= 0.3 is 0 Å².